The van der Waals surface area contributed by atoms with Gasteiger partial charge in [-0.1, -0.05) is 19.2 Å². The highest BCUT2D eigenvalue weighted by molar-refractivity contribution is 6.15. The molecule has 0 saturated carbocycles. The highest BCUT2D eigenvalue weighted by Crippen LogP contribution is 2.26. The molecule has 2 aromatic heterocycles. The fourth-order valence-electron chi connectivity index (χ4n) is 2.55. The predicted octanol–water partition coefficient (Wildman–Crippen LogP) is 3.96. The third kappa shape index (κ3) is 4.53. The first-order valence-electron chi connectivity index (χ1n) is 7.88. The number of aryl methyl sites for hydroxylation is 1. The Morgan fingerprint density at radius 1 is 1.32 bits per heavy atom. The van der Waals surface area contributed by atoms with Gasteiger partial charge in [0.15, 0.2) is 5.82 Å². The zero-order chi connectivity index (χ0) is 18.2. The number of alkyl halides is 1. The smallest absolute Gasteiger partial charge is 0.173 e. The number of halogens is 1. The van der Waals surface area contributed by atoms with Crippen LogP contribution in [0.2, 0.25) is 0 Å². The van der Waals surface area contributed by atoms with E-state index in [0.29, 0.717) is 6.54 Å². The number of imidazole rings is 1. The Hall–Kier alpha value is -2.50. The number of aromatic nitrogens is 3. The fraction of sp³-hybridized carbons (Fsp3) is 0.211. The van der Waals surface area contributed by atoms with E-state index in [0.717, 1.165) is 52.6 Å². The van der Waals surface area contributed by atoms with E-state index in [9.17, 15) is 0 Å². The monoisotopic (exact) mass is 355 g/mol. The summed E-state index contributed by atoms with van der Waals surface area (Å²) in [4.78, 5) is 16.3. The van der Waals surface area contributed by atoms with Gasteiger partial charge in [-0.3, -0.25) is 4.98 Å². The van der Waals surface area contributed by atoms with Gasteiger partial charge in [0.2, 0.25) is 0 Å². The molecule has 2 aromatic rings. The number of hydrogen-bond acceptors (Lipinski definition) is 4. The number of pyridine rings is 1. The minimum Gasteiger partial charge on any atom is -0.343 e. The van der Waals surface area contributed by atoms with Gasteiger partial charge in [-0.2, -0.15) is 0 Å². The molecule has 130 valence electrons. The van der Waals surface area contributed by atoms with Crippen molar-refractivity contribution in [3.05, 3.63) is 72.5 Å². The van der Waals surface area contributed by atoms with E-state index in [1.807, 2.05) is 24.3 Å². The lowest BCUT2D eigenvalue weighted by Gasteiger charge is -2.12. The second-order valence-electron chi connectivity index (χ2n) is 5.31. The second kappa shape index (κ2) is 9.11. The maximum absolute atomic E-state index is 5.62. The predicted molar refractivity (Wildman–Crippen MR) is 105 cm³/mol. The number of aliphatic imine (C=N–C) groups is 1. The number of nitrogens with one attached hydrogen (secondary N) is 1. The van der Waals surface area contributed by atoms with Crippen molar-refractivity contribution >= 4 is 28.7 Å². The molecule has 3 N–H and O–H groups in total. The maximum atomic E-state index is 5.62. The topological polar surface area (TPSA) is 80.0 Å². The standard InChI is InChI=1S/C18H19N5.CH3Cl/c1-3-13(14-6-8-20-9-7-14)10-12(2)15-4-5-16-18(22-15)23-17(11-19)21-16;1-2/h3,6-10H,1-2,4-5,11,19H2,(H,21,23);1H3/b13-10+;. The van der Waals surface area contributed by atoms with Crippen LogP contribution in [0.1, 0.15) is 23.5 Å². The van der Waals surface area contributed by atoms with Crippen LogP contribution < -0.4 is 5.73 Å². The normalized spacial score (nSPS) is 13.2. The van der Waals surface area contributed by atoms with Crippen LogP contribution in [0.25, 0.3) is 5.57 Å². The first-order valence-corrected chi connectivity index (χ1v) is 8.64. The van der Waals surface area contributed by atoms with Crippen LogP contribution in [-0.4, -0.2) is 27.0 Å². The minimum absolute atomic E-state index is 0.390. The largest absolute Gasteiger partial charge is 0.343 e. The Bertz CT molecular complexity index is 802. The van der Waals surface area contributed by atoms with Crippen molar-refractivity contribution in [3.8, 4) is 0 Å². The van der Waals surface area contributed by atoms with E-state index in [1.165, 1.54) is 6.38 Å². The van der Waals surface area contributed by atoms with Gasteiger partial charge in [0, 0.05) is 24.5 Å². The quantitative estimate of drug-likeness (QED) is 0.629. The Balaban J connectivity index is 0.00000109. The van der Waals surface area contributed by atoms with Crippen molar-refractivity contribution in [2.24, 2.45) is 10.7 Å². The van der Waals surface area contributed by atoms with Crippen LogP contribution in [0.15, 0.2) is 60.4 Å². The maximum Gasteiger partial charge on any atom is 0.173 e. The van der Waals surface area contributed by atoms with Crippen LogP contribution in [-0.2, 0) is 13.0 Å². The van der Waals surface area contributed by atoms with Gasteiger partial charge in [-0.15, -0.1) is 11.6 Å². The minimum atomic E-state index is 0.390. The van der Waals surface area contributed by atoms with Gasteiger partial charge in [0.1, 0.15) is 5.82 Å². The van der Waals surface area contributed by atoms with Crippen LogP contribution in [0.3, 0.4) is 0 Å². The molecule has 0 spiro atoms. The van der Waals surface area contributed by atoms with Crippen molar-refractivity contribution in [3.63, 3.8) is 0 Å². The van der Waals surface area contributed by atoms with Crippen LogP contribution in [0.5, 0.6) is 0 Å². The van der Waals surface area contributed by atoms with Crippen LogP contribution in [0, 0.1) is 0 Å². The van der Waals surface area contributed by atoms with Gasteiger partial charge in [-0.05, 0) is 47.8 Å². The molecular formula is C19H22ClN5. The van der Waals surface area contributed by atoms with Crippen LogP contribution >= 0.6 is 11.6 Å². The van der Waals surface area contributed by atoms with Gasteiger partial charge in [0.05, 0.1) is 12.2 Å². The molecule has 3 rings (SSSR count). The number of allylic oxidation sites excluding steroid dienone is 4. The molecule has 3 heterocycles. The fourth-order valence-corrected chi connectivity index (χ4v) is 2.55. The summed E-state index contributed by atoms with van der Waals surface area (Å²) in [6.07, 6.45) is 10.5. The summed E-state index contributed by atoms with van der Waals surface area (Å²) in [5, 5.41) is 0. The molecule has 0 amide bonds. The first kappa shape index (κ1) is 18.8. The Morgan fingerprint density at radius 3 is 2.68 bits per heavy atom. The lowest BCUT2D eigenvalue weighted by molar-refractivity contribution is 0.918. The van der Waals surface area contributed by atoms with E-state index in [1.54, 1.807) is 12.4 Å². The van der Waals surface area contributed by atoms with Crippen molar-refractivity contribution in [2.45, 2.75) is 19.4 Å². The molecule has 0 bridgehead atoms. The molecule has 0 unspecified atom stereocenters. The highest BCUT2D eigenvalue weighted by Gasteiger charge is 2.17. The number of nitrogens with two attached hydrogens (primary N) is 1. The van der Waals surface area contributed by atoms with Crippen molar-refractivity contribution in [1.82, 2.24) is 15.0 Å². The van der Waals surface area contributed by atoms with E-state index in [-0.39, 0.29) is 0 Å². The highest BCUT2D eigenvalue weighted by atomic mass is 35.5. The summed E-state index contributed by atoms with van der Waals surface area (Å²) in [7, 11) is 0. The molecule has 25 heavy (non-hydrogen) atoms. The first-order chi connectivity index (χ1) is 12.2. The summed E-state index contributed by atoms with van der Waals surface area (Å²) in [5.74, 6) is 1.50. The number of hydrogen-bond donors (Lipinski definition) is 2. The molecule has 0 atom stereocenters. The molecule has 0 aliphatic carbocycles. The molecule has 1 aliphatic heterocycles. The molecule has 6 heteroatoms. The lowest BCUT2D eigenvalue weighted by Crippen LogP contribution is -2.07. The summed E-state index contributed by atoms with van der Waals surface area (Å²) < 4.78 is 0. The molecule has 0 fully saturated rings. The summed E-state index contributed by atoms with van der Waals surface area (Å²) in [6.45, 7) is 8.43. The van der Waals surface area contributed by atoms with E-state index >= 15 is 0 Å². The van der Waals surface area contributed by atoms with Crippen LogP contribution in [0.4, 0.5) is 5.82 Å². The molecular weight excluding hydrogens is 334 g/mol. The molecule has 0 aromatic carbocycles. The average molecular weight is 356 g/mol. The molecule has 0 saturated heterocycles. The Morgan fingerprint density at radius 2 is 2.04 bits per heavy atom. The number of H-pyrrole nitrogens is 1. The number of nitrogens with zero attached hydrogens (tertiary/aromatic N) is 3. The number of aromatic amines is 1. The van der Waals surface area contributed by atoms with Gasteiger partial charge < -0.3 is 10.7 Å². The second-order valence-corrected chi connectivity index (χ2v) is 5.31. The lowest BCUT2D eigenvalue weighted by atomic mass is 9.98. The number of fused-ring (bicyclic) bond motifs is 1. The van der Waals surface area contributed by atoms with Gasteiger partial charge in [0.25, 0.3) is 0 Å². The Kier molecular flexibility index (Phi) is 6.86. The zero-order valence-corrected chi connectivity index (χ0v) is 15.1. The van der Waals surface area contributed by atoms with Gasteiger partial charge >= 0.3 is 0 Å². The average Bonchev–Trinajstić information content (AvgIpc) is 3.10. The summed E-state index contributed by atoms with van der Waals surface area (Å²) >= 11 is 4.64. The third-order valence-electron chi connectivity index (χ3n) is 3.79. The summed E-state index contributed by atoms with van der Waals surface area (Å²) in [5.41, 5.74) is 10.5. The molecule has 5 nitrogen and oxygen atoms in total. The summed E-state index contributed by atoms with van der Waals surface area (Å²) in [6, 6.07) is 3.89. The van der Waals surface area contributed by atoms with E-state index in [4.69, 9.17) is 5.73 Å². The third-order valence-corrected chi connectivity index (χ3v) is 3.79. The molecule has 1 aliphatic rings. The molecule has 0 radical (unpaired) electrons. The van der Waals surface area contributed by atoms with Crippen molar-refractivity contribution in [1.29, 1.82) is 0 Å². The van der Waals surface area contributed by atoms with Gasteiger partial charge in [-0.25, -0.2) is 9.98 Å². The van der Waals surface area contributed by atoms with E-state index < -0.39 is 0 Å². The SMILES string of the molecule is C=C/C(=C\C(=C)C1=Nc2nc(CN)[nH]c2CC1)c1ccncc1.CCl. The van der Waals surface area contributed by atoms with E-state index in [2.05, 4.69) is 44.7 Å². The van der Waals surface area contributed by atoms with Crippen molar-refractivity contribution in [2.75, 3.05) is 6.38 Å². The zero-order valence-electron chi connectivity index (χ0n) is 14.3. The Labute approximate surface area is 153 Å². The van der Waals surface area contributed by atoms with Crippen molar-refractivity contribution < 1.29 is 0 Å². The number of rotatable bonds is 5.